The van der Waals surface area contributed by atoms with E-state index in [4.69, 9.17) is 15.9 Å². The maximum atomic E-state index is 11.8. The smallest absolute Gasteiger partial charge is 0.234 e. The summed E-state index contributed by atoms with van der Waals surface area (Å²) < 4.78 is 11.3. The Morgan fingerprint density at radius 3 is 2.52 bits per heavy atom. The van der Waals surface area contributed by atoms with Crippen LogP contribution in [0.3, 0.4) is 0 Å². The Kier molecular flexibility index (Phi) is 6.30. The van der Waals surface area contributed by atoms with E-state index >= 15 is 0 Å². The van der Waals surface area contributed by atoms with Crippen molar-refractivity contribution in [3.05, 3.63) is 23.3 Å². The molecule has 0 atom stereocenters. The van der Waals surface area contributed by atoms with E-state index in [0.717, 1.165) is 31.0 Å². The van der Waals surface area contributed by atoms with Gasteiger partial charge in [-0.3, -0.25) is 9.69 Å². The van der Waals surface area contributed by atoms with Gasteiger partial charge in [0.1, 0.15) is 0 Å². The summed E-state index contributed by atoms with van der Waals surface area (Å²) in [6.07, 6.45) is 6.05. The van der Waals surface area contributed by atoms with Gasteiger partial charge in [0.2, 0.25) is 5.91 Å². The fraction of sp³-hybridized carbons (Fsp3) is 0.500. The highest BCUT2D eigenvalue weighted by molar-refractivity contribution is 5.78. The van der Waals surface area contributed by atoms with E-state index in [1.165, 1.54) is 11.1 Å². The van der Waals surface area contributed by atoms with Crippen molar-refractivity contribution >= 4 is 5.91 Å². The van der Waals surface area contributed by atoms with Gasteiger partial charge in [-0.25, -0.2) is 0 Å². The zero-order valence-corrected chi connectivity index (χ0v) is 13.9. The van der Waals surface area contributed by atoms with Crippen molar-refractivity contribution in [2.45, 2.75) is 26.8 Å². The van der Waals surface area contributed by atoms with E-state index in [1.54, 1.807) is 0 Å². The third-order valence-electron chi connectivity index (χ3n) is 3.71. The second-order valence-electron chi connectivity index (χ2n) is 5.38. The quantitative estimate of drug-likeness (QED) is 0.776. The molecule has 1 heterocycles. The second kappa shape index (κ2) is 8.44. The first-order chi connectivity index (χ1) is 11.2. The van der Waals surface area contributed by atoms with Crippen LogP contribution in [0.2, 0.25) is 0 Å². The van der Waals surface area contributed by atoms with E-state index in [1.807, 2.05) is 19.9 Å². The summed E-state index contributed by atoms with van der Waals surface area (Å²) in [5.41, 5.74) is 2.45. The number of hydrogen-bond donors (Lipinski definition) is 1. The van der Waals surface area contributed by atoms with Gasteiger partial charge in [-0.1, -0.05) is 5.92 Å². The molecule has 0 radical (unpaired) electrons. The number of terminal acetylenes is 1. The molecule has 124 valence electrons. The Bertz CT molecular complexity index is 593. The molecule has 1 aromatic carbocycles. The molecule has 1 N–H and O–H groups in total. The Morgan fingerprint density at radius 1 is 1.26 bits per heavy atom. The van der Waals surface area contributed by atoms with Crippen molar-refractivity contribution in [1.29, 1.82) is 0 Å². The van der Waals surface area contributed by atoms with E-state index in [2.05, 4.69) is 22.2 Å². The van der Waals surface area contributed by atoms with Gasteiger partial charge in [-0.15, -0.1) is 6.42 Å². The number of ether oxygens (including phenoxy) is 2. The molecule has 0 aliphatic carbocycles. The Hall–Kier alpha value is -2.19. The van der Waals surface area contributed by atoms with Gasteiger partial charge >= 0.3 is 0 Å². The van der Waals surface area contributed by atoms with Crippen molar-refractivity contribution in [3.63, 3.8) is 0 Å². The van der Waals surface area contributed by atoms with E-state index in [-0.39, 0.29) is 12.5 Å². The minimum absolute atomic E-state index is 0.0395. The van der Waals surface area contributed by atoms with Gasteiger partial charge in [0.25, 0.3) is 0 Å². The molecule has 23 heavy (non-hydrogen) atoms. The van der Waals surface area contributed by atoms with Crippen molar-refractivity contribution in [2.75, 3.05) is 32.8 Å². The monoisotopic (exact) mass is 316 g/mol. The van der Waals surface area contributed by atoms with Crippen LogP contribution in [0.25, 0.3) is 0 Å². The Morgan fingerprint density at radius 2 is 1.91 bits per heavy atom. The zero-order chi connectivity index (χ0) is 16.7. The van der Waals surface area contributed by atoms with Crippen molar-refractivity contribution in [1.82, 2.24) is 10.2 Å². The molecule has 0 spiro atoms. The van der Waals surface area contributed by atoms with Crippen LogP contribution in [0.5, 0.6) is 11.5 Å². The lowest BCUT2D eigenvalue weighted by atomic mass is 9.99. The minimum Gasteiger partial charge on any atom is -0.490 e. The first-order valence-corrected chi connectivity index (χ1v) is 8.01. The Labute approximate surface area is 138 Å². The maximum Gasteiger partial charge on any atom is 0.234 e. The maximum absolute atomic E-state index is 11.8. The fourth-order valence-electron chi connectivity index (χ4n) is 2.70. The van der Waals surface area contributed by atoms with Crippen molar-refractivity contribution in [2.24, 2.45) is 0 Å². The summed E-state index contributed by atoms with van der Waals surface area (Å²) in [6, 6.07) is 4.11. The summed E-state index contributed by atoms with van der Waals surface area (Å²) in [4.78, 5) is 13.9. The van der Waals surface area contributed by atoms with Gasteiger partial charge in [-0.2, -0.15) is 0 Å². The normalized spacial score (nSPS) is 13.8. The van der Waals surface area contributed by atoms with Gasteiger partial charge in [0, 0.05) is 13.1 Å². The highest BCUT2D eigenvalue weighted by Crippen LogP contribution is 2.33. The lowest BCUT2D eigenvalue weighted by Gasteiger charge is -2.29. The molecule has 0 saturated carbocycles. The molecule has 1 amide bonds. The molecular weight excluding hydrogens is 292 g/mol. The van der Waals surface area contributed by atoms with Crippen LogP contribution in [-0.2, 0) is 17.8 Å². The summed E-state index contributed by atoms with van der Waals surface area (Å²) in [5.74, 6) is 3.94. The van der Waals surface area contributed by atoms with Crippen LogP contribution in [0.4, 0.5) is 0 Å². The van der Waals surface area contributed by atoms with Gasteiger partial charge in [0.15, 0.2) is 11.5 Å². The third-order valence-corrected chi connectivity index (χ3v) is 3.71. The summed E-state index contributed by atoms with van der Waals surface area (Å²) in [5, 5.41) is 2.70. The first kappa shape index (κ1) is 17.2. The number of rotatable bonds is 7. The predicted octanol–water partition coefficient (Wildman–Crippen LogP) is 1.59. The lowest BCUT2D eigenvalue weighted by molar-refractivity contribution is -0.122. The minimum atomic E-state index is -0.0395. The lowest BCUT2D eigenvalue weighted by Crippen LogP contribution is -2.40. The highest BCUT2D eigenvalue weighted by atomic mass is 16.5. The number of nitrogens with one attached hydrogen (secondary N) is 1. The van der Waals surface area contributed by atoms with E-state index < -0.39 is 0 Å². The largest absolute Gasteiger partial charge is 0.490 e. The first-order valence-electron chi connectivity index (χ1n) is 8.01. The topological polar surface area (TPSA) is 50.8 Å². The van der Waals surface area contributed by atoms with Crippen LogP contribution in [0.1, 0.15) is 25.0 Å². The number of hydrogen-bond acceptors (Lipinski definition) is 4. The molecule has 0 fully saturated rings. The number of nitrogens with zero attached hydrogens (tertiary/aromatic N) is 1. The molecule has 2 rings (SSSR count). The molecule has 0 aromatic heterocycles. The van der Waals surface area contributed by atoms with Crippen molar-refractivity contribution in [3.8, 4) is 23.8 Å². The SMILES string of the molecule is C#CCNC(=O)CN1CCc2cc(OCC)c(OCC)cc2C1. The highest BCUT2D eigenvalue weighted by Gasteiger charge is 2.21. The van der Waals surface area contributed by atoms with Crippen LogP contribution in [0.15, 0.2) is 12.1 Å². The van der Waals surface area contributed by atoms with E-state index in [0.29, 0.717) is 19.8 Å². The van der Waals surface area contributed by atoms with Crippen LogP contribution in [0, 0.1) is 12.3 Å². The molecule has 0 bridgehead atoms. The molecule has 1 aliphatic rings. The average molecular weight is 316 g/mol. The molecule has 1 aliphatic heterocycles. The Balaban J connectivity index is 2.09. The number of carbonyl (C=O) groups excluding carboxylic acids is 1. The number of benzene rings is 1. The van der Waals surface area contributed by atoms with Crippen LogP contribution < -0.4 is 14.8 Å². The van der Waals surface area contributed by atoms with Crippen LogP contribution >= 0.6 is 0 Å². The molecule has 5 nitrogen and oxygen atoms in total. The number of carbonyl (C=O) groups is 1. The van der Waals surface area contributed by atoms with Gasteiger partial charge in [-0.05, 0) is 43.5 Å². The summed E-state index contributed by atoms with van der Waals surface area (Å²) in [6.45, 7) is 7.33. The second-order valence-corrected chi connectivity index (χ2v) is 5.38. The summed E-state index contributed by atoms with van der Waals surface area (Å²) in [7, 11) is 0. The zero-order valence-electron chi connectivity index (χ0n) is 13.9. The number of amides is 1. The summed E-state index contributed by atoms with van der Waals surface area (Å²) >= 11 is 0. The molecule has 5 heteroatoms. The predicted molar refractivity (Wildman–Crippen MR) is 89.6 cm³/mol. The van der Waals surface area contributed by atoms with Crippen molar-refractivity contribution < 1.29 is 14.3 Å². The third kappa shape index (κ3) is 4.64. The van der Waals surface area contributed by atoms with Gasteiger partial charge < -0.3 is 14.8 Å². The van der Waals surface area contributed by atoms with E-state index in [9.17, 15) is 4.79 Å². The standard InChI is InChI=1S/C18H24N2O3/c1-4-8-19-18(21)13-20-9-7-14-10-16(22-5-2)17(23-6-3)11-15(14)12-20/h1,10-11H,5-9,12-13H2,2-3H3,(H,19,21). The molecular formula is C18H24N2O3. The van der Waals surface area contributed by atoms with Crippen LogP contribution in [-0.4, -0.2) is 43.7 Å². The average Bonchev–Trinajstić information content (AvgIpc) is 2.54. The fourth-order valence-corrected chi connectivity index (χ4v) is 2.70. The molecule has 0 unspecified atom stereocenters. The van der Waals surface area contributed by atoms with Gasteiger partial charge in [0.05, 0.1) is 26.3 Å². The molecule has 0 saturated heterocycles. The molecule has 1 aromatic rings. The number of fused-ring (bicyclic) bond motifs is 1.